The number of hydrogen-bond acceptors (Lipinski definition) is 4. The van der Waals surface area contributed by atoms with Crippen LogP contribution in [0.3, 0.4) is 0 Å². The number of benzene rings is 1. The molecule has 0 radical (unpaired) electrons. The Balaban J connectivity index is 1.40. The number of halogens is 2. The highest BCUT2D eigenvalue weighted by Crippen LogP contribution is 2.19. The second-order valence-corrected chi connectivity index (χ2v) is 6.54. The highest BCUT2D eigenvalue weighted by Gasteiger charge is 2.25. The number of hydrogen-bond donors (Lipinski definition) is 2. The van der Waals surface area contributed by atoms with Crippen molar-refractivity contribution in [1.29, 1.82) is 0 Å². The van der Waals surface area contributed by atoms with Gasteiger partial charge in [-0.15, -0.1) is 0 Å². The fourth-order valence-corrected chi connectivity index (χ4v) is 2.81. The zero-order chi connectivity index (χ0) is 17.8. The Bertz CT molecular complexity index is 623. The lowest BCUT2D eigenvalue weighted by atomic mass is 10.2. The number of nitrogens with one attached hydrogen (secondary N) is 2. The number of piperazine rings is 1. The molecule has 2 fully saturated rings. The summed E-state index contributed by atoms with van der Waals surface area (Å²) in [5.74, 6) is -1.99. The van der Waals surface area contributed by atoms with Crippen molar-refractivity contribution < 1.29 is 18.4 Å². The van der Waals surface area contributed by atoms with Gasteiger partial charge in [-0.2, -0.15) is 0 Å². The third kappa shape index (κ3) is 5.20. The molecule has 2 aliphatic rings. The summed E-state index contributed by atoms with van der Waals surface area (Å²) in [6, 6.07) is 3.81. The first-order valence-electron chi connectivity index (χ1n) is 8.49. The van der Waals surface area contributed by atoms with Crippen LogP contribution < -0.4 is 10.6 Å². The quantitative estimate of drug-likeness (QED) is 0.795. The van der Waals surface area contributed by atoms with E-state index in [2.05, 4.69) is 10.6 Å². The molecule has 25 heavy (non-hydrogen) atoms. The average Bonchev–Trinajstić information content (AvgIpc) is 3.37. The number of nitrogens with zero attached hydrogens (tertiary/aromatic N) is 2. The van der Waals surface area contributed by atoms with Crippen LogP contribution in [-0.4, -0.2) is 66.9 Å². The van der Waals surface area contributed by atoms with E-state index in [9.17, 15) is 18.4 Å². The second-order valence-electron chi connectivity index (χ2n) is 6.54. The van der Waals surface area contributed by atoms with Gasteiger partial charge in [0.25, 0.3) is 0 Å². The summed E-state index contributed by atoms with van der Waals surface area (Å²) in [6.07, 6.45) is 2.13. The molecule has 0 unspecified atom stereocenters. The van der Waals surface area contributed by atoms with Gasteiger partial charge in [0.05, 0.1) is 13.1 Å². The molecule has 1 aliphatic heterocycles. The van der Waals surface area contributed by atoms with E-state index in [0.29, 0.717) is 38.8 Å². The smallest absolute Gasteiger partial charge is 0.238 e. The summed E-state index contributed by atoms with van der Waals surface area (Å²) >= 11 is 0. The molecule has 2 N–H and O–H groups in total. The number of carbonyl (C=O) groups is 2. The van der Waals surface area contributed by atoms with Crippen LogP contribution in [0.2, 0.25) is 0 Å². The number of para-hydroxylation sites is 1. The fourth-order valence-electron chi connectivity index (χ4n) is 2.81. The van der Waals surface area contributed by atoms with Crippen molar-refractivity contribution in [2.75, 3.05) is 44.6 Å². The van der Waals surface area contributed by atoms with E-state index in [0.717, 1.165) is 25.0 Å². The van der Waals surface area contributed by atoms with Crippen molar-refractivity contribution in [3.05, 3.63) is 29.8 Å². The van der Waals surface area contributed by atoms with E-state index >= 15 is 0 Å². The molecule has 0 spiro atoms. The fraction of sp³-hybridized carbons (Fsp3) is 0.529. The van der Waals surface area contributed by atoms with Gasteiger partial charge in [0.15, 0.2) is 0 Å². The van der Waals surface area contributed by atoms with Crippen molar-refractivity contribution in [1.82, 2.24) is 15.1 Å². The van der Waals surface area contributed by atoms with E-state index in [1.807, 2.05) is 9.80 Å². The van der Waals surface area contributed by atoms with Gasteiger partial charge >= 0.3 is 0 Å². The van der Waals surface area contributed by atoms with Crippen LogP contribution in [0.4, 0.5) is 14.5 Å². The van der Waals surface area contributed by atoms with E-state index in [4.69, 9.17) is 0 Å². The van der Waals surface area contributed by atoms with Gasteiger partial charge in [0.2, 0.25) is 11.8 Å². The molecule has 136 valence electrons. The van der Waals surface area contributed by atoms with E-state index < -0.39 is 23.2 Å². The molecule has 6 nitrogen and oxygen atoms in total. The van der Waals surface area contributed by atoms with Gasteiger partial charge in [-0.05, 0) is 25.0 Å². The molecular formula is C17H22F2N4O2. The molecule has 1 saturated carbocycles. The Kier molecular flexibility index (Phi) is 5.60. The lowest BCUT2D eigenvalue weighted by molar-refractivity contribution is -0.123. The Morgan fingerprint density at radius 2 is 1.48 bits per heavy atom. The molecule has 1 aromatic carbocycles. The number of anilines is 1. The molecule has 0 atom stereocenters. The Labute approximate surface area is 145 Å². The van der Waals surface area contributed by atoms with Crippen molar-refractivity contribution in [3.8, 4) is 0 Å². The molecule has 1 saturated heterocycles. The first-order chi connectivity index (χ1) is 12.0. The van der Waals surface area contributed by atoms with Crippen LogP contribution >= 0.6 is 0 Å². The minimum Gasteiger partial charge on any atom is -0.352 e. The monoisotopic (exact) mass is 352 g/mol. The second kappa shape index (κ2) is 7.88. The predicted octanol–water partition coefficient (Wildman–Crippen LogP) is 0.800. The SMILES string of the molecule is O=C(CN1CCN(CC(=O)NC2CC2)CC1)Nc1c(F)cccc1F. The lowest BCUT2D eigenvalue weighted by Crippen LogP contribution is -2.51. The van der Waals surface area contributed by atoms with E-state index in [1.165, 1.54) is 6.07 Å². The van der Waals surface area contributed by atoms with Gasteiger partial charge < -0.3 is 10.6 Å². The van der Waals surface area contributed by atoms with Crippen molar-refractivity contribution in [3.63, 3.8) is 0 Å². The summed E-state index contributed by atoms with van der Waals surface area (Å²) in [5.41, 5.74) is -0.414. The standard InChI is InChI=1S/C17H22F2N4O2/c18-13-2-1-3-14(19)17(13)21-16(25)11-23-8-6-22(7-9-23)10-15(24)20-12-4-5-12/h1-3,12H,4-11H2,(H,20,24)(H,21,25). The maximum absolute atomic E-state index is 13.5. The number of rotatable bonds is 6. The van der Waals surface area contributed by atoms with Gasteiger partial charge in [0, 0.05) is 32.2 Å². The molecule has 3 rings (SSSR count). The van der Waals surface area contributed by atoms with E-state index in [-0.39, 0.29) is 12.5 Å². The number of carbonyl (C=O) groups excluding carboxylic acids is 2. The zero-order valence-corrected chi connectivity index (χ0v) is 13.9. The molecule has 1 aliphatic carbocycles. The highest BCUT2D eigenvalue weighted by atomic mass is 19.1. The van der Waals surface area contributed by atoms with Gasteiger partial charge in [-0.3, -0.25) is 19.4 Å². The topological polar surface area (TPSA) is 64.7 Å². The molecular weight excluding hydrogens is 330 g/mol. The third-order valence-electron chi connectivity index (χ3n) is 4.37. The molecule has 0 bridgehead atoms. The first-order valence-corrected chi connectivity index (χ1v) is 8.49. The summed E-state index contributed by atoms with van der Waals surface area (Å²) in [6.45, 7) is 3.06. The zero-order valence-electron chi connectivity index (χ0n) is 13.9. The molecule has 2 amide bonds. The highest BCUT2D eigenvalue weighted by molar-refractivity contribution is 5.92. The van der Waals surface area contributed by atoms with Crippen molar-refractivity contribution in [2.45, 2.75) is 18.9 Å². The van der Waals surface area contributed by atoms with Crippen molar-refractivity contribution >= 4 is 17.5 Å². The van der Waals surface area contributed by atoms with Gasteiger partial charge in [0.1, 0.15) is 17.3 Å². The Morgan fingerprint density at radius 3 is 2.00 bits per heavy atom. The van der Waals surface area contributed by atoms with Crippen molar-refractivity contribution in [2.24, 2.45) is 0 Å². The van der Waals surface area contributed by atoms with Crippen LogP contribution in [-0.2, 0) is 9.59 Å². The molecule has 8 heteroatoms. The predicted molar refractivity (Wildman–Crippen MR) is 89.0 cm³/mol. The van der Waals surface area contributed by atoms with Crippen LogP contribution in [0.25, 0.3) is 0 Å². The minimum absolute atomic E-state index is 0.0451. The van der Waals surface area contributed by atoms with Gasteiger partial charge in [-0.25, -0.2) is 8.78 Å². The largest absolute Gasteiger partial charge is 0.352 e. The van der Waals surface area contributed by atoms with Crippen LogP contribution in [0.15, 0.2) is 18.2 Å². The Hall–Kier alpha value is -2.06. The summed E-state index contributed by atoms with van der Waals surface area (Å²) in [7, 11) is 0. The minimum atomic E-state index is -0.792. The normalized spacial score (nSPS) is 18.8. The molecule has 0 aromatic heterocycles. The molecule has 1 aromatic rings. The summed E-state index contributed by atoms with van der Waals surface area (Å²) in [4.78, 5) is 27.7. The van der Waals surface area contributed by atoms with E-state index in [1.54, 1.807) is 0 Å². The van der Waals surface area contributed by atoms with Crippen LogP contribution in [0, 0.1) is 11.6 Å². The average molecular weight is 352 g/mol. The lowest BCUT2D eigenvalue weighted by Gasteiger charge is -2.33. The molecule has 1 heterocycles. The summed E-state index contributed by atoms with van der Waals surface area (Å²) in [5, 5.41) is 5.24. The Morgan fingerprint density at radius 1 is 0.960 bits per heavy atom. The maximum atomic E-state index is 13.5. The maximum Gasteiger partial charge on any atom is 0.238 e. The van der Waals surface area contributed by atoms with Crippen LogP contribution in [0.5, 0.6) is 0 Å². The first kappa shape index (κ1) is 17.8. The van der Waals surface area contributed by atoms with Crippen LogP contribution in [0.1, 0.15) is 12.8 Å². The number of amides is 2. The summed E-state index contributed by atoms with van der Waals surface area (Å²) < 4.78 is 27.1. The van der Waals surface area contributed by atoms with Gasteiger partial charge in [-0.1, -0.05) is 6.07 Å². The third-order valence-corrected chi connectivity index (χ3v) is 4.37.